The molecule has 0 aromatic carbocycles. The van der Waals surface area contributed by atoms with Gasteiger partial charge in [-0.1, -0.05) is 298 Å². The Bertz CT molecular complexity index is 1720. The minimum absolute atomic E-state index is 0.106. The van der Waals surface area contributed by atoms with Crippen molar-refractivity contribution in [1.29, 1.82) is 0 Å². The van der Waals surface area contributed by atoms with Gasteiger partial charge in [0.15, 0.2) is 12.2 Å². The first-order valence-electron chi connectivity index (χ1n) is 36.0. The lowest BCUT2D eigenvalue weighted by atomic mass is 10.0. The molecule has 522 valence electrons. The average molecular weight is 1300 g/mol. The van der Waals surface area contributed by atoms with Gasteiger partial charge in [0, 0.05) is 25.7 Å². The number of esters is 4. The molecular weight excluding hydrogens is 1160 g/mol. The summed E-state index contributed by atoms with van der Waals surface area (Å²) >= 11 is 0. The zero-order chi connectivity index (χ0) is 65.0. The van der Waals surface area contributed by atoms with Gasteiger partial charge >= 0.3 is 39.5 Å². The number of carbonyl (C=O) groups is 4. The molecular formula is C69H134O17P2. The summed E-state index contributed by atoms with van der Waals surface area (Å²) in [5.41, 5.74) is 0. The Hall–Kier alpha value is -1.94. The van der Waals surface area contributed by atoms with Crippen molar-refractivity contribution in [1.82, 2.24) is 0 Å². The summed E-state index contributed by atoms with van der Waals surface area (Å²) in [5.74, 6) is -0.569. The van der Waals surface area contributed by atoms with Gasteiger partial charge in [-0.25, -0.2) is 9.13 Å². The van der Waals surface area contributed by atoms with Crippen LogP contribution in [0.4, 0.5) is 0 Å². The minimum Gasteiger partial charge on any atom is -0.462 e. The Kier molecular flexibility index (Phi) is 59.9. The number of rotatable bonds is 68. The Balaban J connectivity index is 5.22. The predicted molar refractivity (Wildman–Crippen MR) is 354 cm³/mol. The molecule has 0 aliphatic rings. The van der Waals surface area contributed by atoms with Gasteiger partial charge in [0.1, 0.15) is 19.3 Å². The standard InChI is InChI=1S/C69H134O17P2/c1-7-9-11-13-15-25-33-39-45-51-66(71)79-57-64(85-68(73)53-47-41-35-26-16-14-12-10-8-2)59-83-87(75,76)81-55-63(70)56-82-88(77,78)84-60-65(58-80-67(72)52-46-40-34-29-24-20-22-28-32-38-44-50-62(5)6)86-69(74)54-48-42-36-30-23-19-17-18-21-27-31-37-43-49-61(3)4/h61-65,70H,7-60H2,1-6H3,(H,75,76)(H,77,78)/t63-,64+,65+/m0/s1. The summed E-state index contributed by atoms with van der Waals surface area (Å²) in [6.07, 6.45) is 45.8. The van der Waals surface area contributed by atoms with Crippen molar-refractivity contribution in [3.05, 3.63) is 0 Å². The number of aliphatic hydroxyl groups excluding tert-OH is 1. The van der Waals surface area contributed by atoms with Crippen LogP contribution in [0.5, 0.6) is 0 Å². The summed E-state index contributed by atoms with van der Waals surface area (Å²) in [6.45, 7) is 9.53. The van der Waals surface area contributed by atoms with Crippen LogP contribution in [-0.2, 0) is 65.4 Å². The second kappa shape index (κ2) is 61.3. The molecule has 0 spiro atoms. The number of hydrogen-bond donors (Lipinski definition) is 3. The number of ether oxygens (including phenoxy) is 4. The monoisotopic (exact) mass is 1300 g/mol. The van der Waals surface area contributed by atoms with Crippen LogP contribution < -0.4 is 0 Å². The lowest BCUT2D eigenvalue weighted by Crippen LogP contribution is -2.30. The van der Waals surface area contributed by atoms with E-state index >= 15 is 0 Å². The van der Waals surface area contributed by atoms with E-state index in [9.17, 15) is 43.2 Å². The van der Waals surface area contributed by atoms with E-state index in [1.165, 1.54) is 167 Å². The van der Waals surface area contributed by atoms with Crippen LogP contribution >= 0.6 is 15.6 Å². The van der Waals surface area contributed by atoms with Crippen molar-refractivity contribution < 1.29 is 80.2 Å². The Morgan fingerprint density at radius 1 is 0.307 bits per heavy atom. The van der Waals surface area contributed by atoms with Gasteiger partial charge in [-0.2, -0.15) is 0 Å². The highest BCUT2D eigenvalue weighted by Gasteiger charge is 2.30. The number of phosphoric ester groups is 2. The maximum atomic E-state index is 13.0. The number of unbranched alkanes of at least 4 members (excludes halogenated alkanes) is 38. The first-order chi connectivity index (χ1) is 42.4. The van der Waals surface area contributed by atoms with Crippen LogP contribution in [0, 0.1) is 11.8 Å². The largest absolute Gasteiger partial charge is 0.472 e. The van der Waals surface area contributed by atoms with Gasteiger partial charge in [0.2, 0.25) is 0 Å². The molecule has 0 amide bonds. The summed E-state index contributed by atoms with van der Waals surface area (Å²) in [5, 5.41) is 10.6. The van der Waals surface area contributed by atoms with E-state index in [1.54, 1.807) is 0 Å². The maximum Gasteiger partial charge on any atom is 0.472 e. The van der Waals surface area contributed by atoms with Gasteiger partial charge < -0.3 is 33.8 Å². The zero-order valence-electron chi connectivity index (χ0n) is 57.0. The van der Waals surface area contributed by atoms with Gasteiger partial charge in [-0.3, -0.25) is 37.3 Å². The molecule has 0 aromatic heterocycles. The summed E-state index contributed by atoms with van der Waals surface area (Å²) < 4.78 is 68.2. The van der Waals surface area contributed by atoms with E-state index < -0.39 is 97.5 Å². The minimum atomic E-state index is -4.95. The third-order valence-electron chi connectivity index (χ3n) is 16.0. The number of phosphoric acid groups is 2. The molecule has 0 radical (unpaired) electrons. The molecule has 2 unspecified atom stereocenters. The topological polar surface area (TPSA) is 237 Å². The highest BCUT2D eigenvalue weighted by Crippen LogP contribution is 2.45. The number of carbonyl (C=O) groups excluding carboxylic acids is 4. The molecule has 3 N–H and O–H groups in total. The number of aliphatic hydroxyl groups is 1. The lowest BCUT2D eigenvalue weighted by Gasteiger charge is -2.21. The van der Waals surface area contributed by atoms with Crippen molar-refractivity contribution >= 4 is 39.5 Å². The van der Waals surface area contributed by atoms with E-state index in [0.717, 1.165) is 102 Å². The molecule has 5 atom stereocenters. The van der Waals surface area contributed by atoms with Crippen LogP contribution in [0.3, 0.4) is 0 Å². The summed E-state index contributed by atoms with van der Waals surface area (Å²) in [7, 11) is -9.89. The highest BCUT2D eigenvalue weighted by molar-refractivity contribution is 7.47. The smallest absolute Gasteiger partial charge is 0.462 e. The Morgan fingerprint density at radius 2 is 0.523 bits per heavy atom. The molecule has 19 heteroatoms. The van der Waals surface area contributed by atoms with Crippen molar-refractivity contribution in [3.63, 3.8) is 0 Å². The fourth-order valence-corrected chi connectivity index (χ4v) is 12.0. The second-order valence-electron chi connectivity index (χ2n) is 25.9. The summed E-state index contributed by atoms with van der Waals surface area (Å²) in [6, 6.07) is 0. The van der Waals surface area contributed by atoms with E-state index in [0.29, 0.717) is 25.7 Å². The van der Waals surface area contributed by atoms with E-state index in [1.807, 2.05) is 0 Å². The number of hydrogen-bond acceptors (Lipinski definition) is 15. The molecule has 0 fully saturated rings. The normalized spacial score (nSPS) is 14.2. The van der Waals surface area contributed by atoms with Gasteiger partial charge in [-0.15, -0.1) is 0 Å². The van der Waals surface area contributed by atoms with Crippen LogP contribution in [0.1, 0.15) is 350 Å². The first-order valence-corrected chi connectivity index (χ1v) is 39.0. The fraction of sp³-hybridized carbons (Fsp3) is 0.942. The fourth-order valence-electron chi connectivity index (χ4n) is 10.4. The second-order valence-corrected chi connectivity index (χ2v) is 28.8. The molecule has 0 rings (SSSR count). The van der Waals surface area contributed by atoms with Crippen LogP contribution in [0.2, 0.25) is 0 Å². The third kappa shape index (κ3) is 62.8. The molecule has 17 nitrogen and oxygen atoms in total. The van der Waals surface area contributed by atoms with Crippen molar-refractivity contribution in [2.75, 3.05) is 39.6 Å². The van der Waals surface area contributed by atoms with Crippen LogP contribution in [0.25, 0.3) is 0 Å². The van der Waals surface area contributed by atoms with Crippen molar-refractivity contribution in [3.8, 4) is 0 Å². The Labute approximate surface area is 537 Å². The lowest BCUT2D eigenvalue weighted by molar-refractivity contribution is -0.161. The molecule has 0 aliphatic carbocycles. The third-order valence-corrected chi connectivity index (χ3v) is 17.9. The SMILES string of the molecule is CCCCCCCCCCCC(=O)OC[C@H](COP(=O)(O)OC[C@H](O)COP(=O)(O)OC[C@@H](COC(=O)CCCCCCCCCCCCCC(C)C)OC(=O)CCCCCCCCCCCCCCCC(C)C)OC(=O)CCCCCCCCCCC. The van der Waals surface area contributed by atoms with Crippen molar-refractivity contribution in [2.45, 2.75) is 368 Å². The molecule has 88 heavy (non-hydrogen) atoms. The first kappa shape index (κ1) is 86.1. The van der Waals surface area contributed by atoms with E-state index in [-0.39, 0.29) is 25.7 Å². The predicted octanol–water partition coefficient (Wildman–Crippen LogP) is 19.6. The van der Waals surface area contributed by atoms with Crippen LogP contribution in [-0.4, -0.2) is 96.7 Å². The van der Waals surface area contributed by atoms with Gasteiger partial charge in [0.25, 0.3) is 0 Å². The van der Waals surface area contributed by atoms with E-state index in [4.69, 9.17) is 37.0 Å². The maximum absolute atomic E-state index is 13.0. The van der Waals surface area contributed by atoms with Gasteiger partial charge in [-0.05, 0) is 37.5 Å². The highest BCUT2D eigenvalue weighted by atomic mass is 31.2. The van der Waals surface area contributed by atoms with Crippen LogP contribution in [0.15, 0.2) is 0 Å². The molecule has 0 aromatic rings. The zero-order valence-corrected chi connectivity index (χ0v) is 58.8. The molecule has 0 heterocycles. The quantitative estimate of drug-likeness (QED) is 0.0222. The Morgan fingerprint density at radius 3 is 0.773 bits per heavy atom. The van der Waals surface area contributed by atoms with Gasteiger partial charge in [0.05, 0.1) is 26.4 Å². The van der Waals surface area contributed by atoms with E-state index in [2.05, 4.69) is 41.5 Å². The summed E-state index contributed by atoms with van der Waals surface area (Å²) in [4.78, 5) is 72.4. The molecule has 0 saturated carbocycles. The average Bonchev–Trinajstić information content (AvgIpc) is 3.63. The molecule has 0 bridgehead atoms. The molecule has 0 saturated heterocycles. The molecule has 0 aliphatic heterocycles. The van der Waals surface area contributed by atoms with Crippen molar-refractivity contribution in [2.24, 2.45) is 11.8 Å².